The van der Waals surface area contributed by atoms with Crippen molar-refractivity contribution in [1.82, 2.24) is 15.1 Å². The van der Waals surface area contributed by atoms with Crippen molar-refractivity contribution in [3.8, 4) is 0 Å². The average molecular weight is 304 g/mol. The van der Waals surface area contributed by atoms with Gasteiger partial charge in [-0.05, 0) is 32.2 Å². The molecule has 3 rings (SSSR count). The zero-order chi connectivity index (χ0) is 15.0. The number of aromatic nitrogens is 3. The van der Waals surface area contributed by atoms with Gasteiger partial charge >= 0.3 is 0 Å². The van der Waals surface area contributed by atoms with Crippen molar-refractivity contribution in [3.63, 3.8) is 0 Å². The number of rotatable bonds is 4. The van der Waals surface area contributed by atoms with Gasteiger partial charge in [-0.3, -0.25) is 5.43 Å². The molecule has 8 heteroatoms. The fourth-order valence-electron chi connectivity index (χ4n) is 2.42. The van der Waals surface area contributed by atoms with Gasteiger partial charge in [0.05, 0.1) is 17.1 Å². The highest BCUT2D eigenvalue weighted by molar-refractivity contribution is 7.16. The SMILES string of the molecule is Cc1noc(C)c1C(C)Nc1nc(NN)nc2sccc12. The third kappa shape index (κ3) is 2.43. The lowest BCUT2D eigenvalue weighted by Gasteiger charge is -2.15. The molecular formula is C13H16N6OS. The summed E-state index contributed by atoms with van der Waals surface area (Å²) in [6.45, 7) is 5.87. The molecule has 0 aromatic carbocycles. The molecule has 0 aliphatic rings. The predicted octanol–water partition coefficient (Wildman–Crippen LogP) is 2.75. The van der Waals surface area contributed by atoms with Crippen LogP contribution in [0, 0.1) is 13.8 Å². The molecule has 0 saturated carbocycles. The van der Waals surface area contributed by atoms with Gasteiger partial charge in [-0.2, -0.15) is 4.98 Å². The zero-order valence-corrected chi connectivity index (χ0v) is 12.8. The lowest BCUT2D eigenvalue weighted by molar-refractivity contribution is 0.392. The highest BCUT2D eigenvalue weighted by Crippen LogP contribution is 2.30. The number of nitrogens with zero attached hydrogens (tertiary/aromatic N) is 3. The molecule has 0 amide bonds. The molecule has 3 heterocycles. The maximum Gasteiger partial charge on any atom is 0.240 e. The minimum absolute atomic E-state index is 0.0138. The molecule has 3 aromatic rings. The molecule has 21 heavy (non-hydrogen) atoms. The fraction of sp³-hybridized carbons (Fsp3) is 0.308. The number of fused-ring (bicyclic) bond motifs is 1. The maximum atomic E-state index is 5.43. The Morgan fingerprint density at radius 2 is 2.14 bits per heavy atom. The summed E-state index contributed by atoms with van der Waals surface area (Å²) in [6.07, 6.45) is 0. The molecule has 0 saturated heterocycles. The van der Waals surface area contributed by atoms with E-state index in [0.29, 0.717) is 5.95 Å². The molecule has 0 spiro atoms. The van der Waals surface area contributed by atoms with Crippen LogP contribution in [0.2, 0.25) is 0 Å². The van der Waals surface area contributed by atoms with Crippen LogP contribution in [0.1, 0.15) is 30.0 Å². The molecule has 3 aromatic heterocycles. The average Bonchev–Trinajstić information content (AvgIpc) is 3.05. The van der Waals surface area contributed by atoms with Crippen molar-refractivity contribution in [1.29, 1.82) is 0 Å². The molecule has 1 unspecified atom stereocenters. The Labute approximate surface area is 125 Å². The van der Waals surface area contributed by atoms with Crippen LogP contribution >= 0.6 is 11.3 Å². The van der Waals surface area contributed by atoms with Gasteiger partial charge in [0.25, 0.3) is 0 Å². The van der Waals surface area contributed by atoms with Crippen LogP contribution in [0.3, 0.4) is 0 Å². The second kappa shape index (κ2) is 5.30. The Hall–Kier alpha value is -2.19. The summed E-state index contributed by atoms with van der Waals surface area (Å²) in [4.78, 5) is 9.60. The molecule has 0 radical (unpaired) electrons. The van der Waals surface area contributed by atoms with Crippen LogP contribution in [0.4, 0.5) is 11.8 Å². The van der Waals surface area contributed by atoms with E-state index in [1.807, 2.05) is 32.2 Å². The molecule has 1 atom stereocenters. The zero-order valence-electron chi connectivity index (χ0n) is 12.0. The van der Waals surface area contributed by atoms with Crippen LogP contribution < -0.4 is 16.6 Å². The summed E-state index contributed by atoms with van der Waals surface area (Å²) in [7, 11) is 0. The third-order valence-corrected chi connectivity index (χ3v) is 4.14. The van der Waals surface area contributed by atoms with E-state index < -0.39 is 0 Å². The molecule has 0 fully saturated rings. The summed E-state index contributed by atoms with van der Waals surface area (Å²) >= 11 is 1.54. The van der Waals surface area contributed by atoms with Crippen molar-refractivity contribution < 1.29 is 4.52 Å². The van der Waals surface area contributed by atoms with E-state index in [9.17, 15) is 0 Å². The van der Waals surface area contributed by atoms with Crippen LogP contribution in [0.15, 0.2) is 16.0 Å². The Morgan fingerprint density at radius 3 is 2.81 bits per heavy atom. The third-order valence-electron chi connectivity index (χ3n) is 3.33. The number of hydrogen-bond acceptors (Lipinski definition) is 8. The first-order valence-electron chi connectivity index (χ1n) is 6.51. The van der Waals surface area contributed by atoms with Crippen LogP contribution in [-0.2, 0) is 0 Å². The van der Waals surface area contributed by atoms with Crippen molar-refractivity contribution in [3.05, 3.63) is 28.5 Å². The highest BCUT2D eigenvalue weighted by Gasteiger charge is 2.18. The van der Waals surface area contributed by atoms with Gasteiger partial charge in [-0.25, -0.2) is 10.8 Å². The van der Waals surface area contributed by atoms with Gasteiger partial charge in [0.2, 0.25) is 5.95 Å². The van der Waals surface area contributed by atoms with Crippen LogP contribution in [-0.4, -0.2) is 15.1 Å². The number of anilines is 2. The summed E-state index contributed by atoms with van der Waals surface area (Å²) < 4.78 is 5.22. The number of thiophene rings is 1. The lowest BCUT2D eigenvalue weighted by Crippen LogP contribution is -2.14. The number of hydrogen-bond donors (Lipinski definition) is 3. The van der Waals surface area contributed by atoms with E-state index in [-0.39, 0.29) is 6.04 Å². The molecule has 0 aliphatic carbocycles. The Bertz CT molecular complexity index is 761. The van der Waals surface area contributed by atoms with Gasteiger partial charge < -0.3 is 9.84 Å². The van der Waals surface area contributed by atoms with Crippen molar-refractivity contribution in [2.45, 2.75) is 26.8 Å². The Kier molecular flexibility index (Phi) is 3.48. The van der Waals surface area contributed by atoms with Crippen LogP contribution in [0.5, 0.6) is 0 Å². The van der Waals surface area contributed by atoms with Crippen molar-refractivity contribution >= 4 is 33.3 Å². The summed E-state index contributed by atoms with van der Waals surface area (Å²) in [5.41, 5.74) is 4.41. The van der Waals surface area contributed by atoms with E-state index in [0.717, 1.165) is 33.1 Å². The number of hydrazine groups is 1. The van der Waals surface area contributed by atoms with Crippen LogP contribution in [0.25, 0.3) is 10.2 Å². The summed E-state index contributed by atoms with van der Waals surface area (Å²) in [5.74, 6) is 7.36. The molecule has 4 N–H and O–H groups in total. The minimum atomic E-state index is 0.0138. The highest BCUT2D eigenvalue weighted by atomic mass is 32.1. The maximum absolute atomic E-state index is 5.43. The molecule has 7 nitrogen and oxygen atoms in total. The van der Waals surface area contributed by atoms with Gasteiger partial charge in [0.15, 0.2) is 0 Å². The molecule has 0 aliphatic heterocycles. The predicted molar refractivity (Wildman–Crippen MR) is 83.2 cm³/mol. The quantitative estimate of drug-likeness (QED) is 0.503. The first-order valence-corrected chi connectivity index (χ1v) is 7.39. The Balaban J connectivity index is 1.99. The van der Waals surface area contributed by atoms with E-state index in [1.54, 1.807) is 11.3 Å². The number of aryl methyl sites for hydroxylation is 2. The standard InChI is InChI=1S/C13H16N6OS/c1-6(10-7(2)19-20-8(10)3)15-11-9-4-5-21-12(9)17-13(16-11)18-14/h4-6H,14H2,1-3H3,(H2,15,16,17,18). The number of nitrogens with two attached hydrogens (primary N) is 1. The largest absolute Gasteiger partial charge is 0.363 e. The van der Waals surface area contributed by atoms with Crippen molar-refractivity contribution in [2.75, 3.05) is 10.7 Å². The fourth-order valence-corrected chi connectivity index (χ4v) is 3.18. The Morgan fingerprint density at radius 1 is 1.33 bits per heavy atom. The molecular weight excluding hydrogens is 288 g/mol. The van der Waals surface area contributed by atoms with Gasteiger partial charge in [0, 0.05) is 5.56 Å². The second-order valence-electron chi connectivity index (χ2n) is 4.78. The number of nitrogens with one attached hydrogen (secondary N) is 2. The number of nitrogen functional groups attached to an aromatic ring is 1. The van der Waals surface area contributed by atoms with Crippen molar-refractivity contribution in [2.24, 2.45) is 5.84 Å². The van der Waals surface area contributed by atoms with Gasteiger partial charge in [-0.15, -0.1) is 11.3 Å². The monoisotopic (exact) mass is 304 g/mol. The first kappa shape index (κ1) is 13.8. The topological polar surface area (TPSA) is 102 Å². The van der Waals surface area contributed by atoms with Gasteiger partial charge in [-0.1, -0.05) is 5.16 Å². The second-order valence-corrected chi connectivity index (χ2v) is 5.68. The molecule has 0 bridgehead atoms. The first-order chi connectivity index (χ1) is 10.1. The molecule has 110 valence electrons. The summed E-state index contributed by atoms with van der Waals surface area (Å²) in [5, 5.41) is 10.3. The minimum Gasteiger partial charge on any atom is -0.363 e. The van der Waals surface area contributed by atoms with E-state index >= 15 is 0 Å². The van der Waals surface area contributed by atoms with E-state index in [1.165, 1.54) is 0 Å². The normalized spacial score (nSPS) is 12.6. The van der Waals surface area contributed by atoms with Gasteiger partial charge in [0.1, 0.15) is 16.4 Å². The smallest absolute Gasteiger partial charge is 0.240 e. The van der Waals surface area contributed by atoms with E-state index in [4.69, 9.17) is 10.4 Å². The lowest BCUT2D eigenvalue weighted by atomic mass is 10.1. The summed E-state index contributed by atoms with van der Waals surface area (Å²) in [6, 6.07) is 2.00. The van der Waals surface area contributed by atoms with E-state index in [2.05, 4.69) is 25.9 Å².